The van der Waals surface area contributed by atoms with Gasteiger partial charge in [0.25, 0.3) is 5.91 Å². The van der Waals surface area contributed by atoms with Crippen LogP contribution in [0.5, 0.6) is 0 Å². The van der Waals surface area contributed by atoms with Gasteiger partial charge in [-0.2, -0.15) is 0 Å². The SMILES string of the molecule is O=C(Nc1ccnc(Cl)n1)c1cccc2c1CCCN2. The highest BCUT2D eigenvalue weighted by atomic mass is 35.5. The lowest BCUT2D eigenvalue weighted by atomic mass is 9.97. The van der Waals surface area contributed by atoms with E-state index in [1.165, 1.54) is 6.20 Å². The van der Waals surface area contributed by atoms with Crippen molar-refractivity contribution in [3.63, 3.8) is 0 Å². The maximum absolute atomic E-state index is 12.4. The summed E-state index contributed by atoms with van der Waals surface area (Å²) in [4.78, 5) is 20.1. The molecule has 0 saturated carbocycles. The Balaban J connectivity index is 1.88. The first kappa shape index (κ1) is 12.9. The van der Waals surface area contributed by atoms with Crippen LogP contribution in [-0.4, -0.2) is 22.4 Å². The fourth-order valence-corrected chi connectivity index (χ4v) is 2.46. The zero-order chi connectivity index (χ0) is 13.9. The van der Waals surface area contributed by atoms with Crippen LogP contribution in [0.1, 0.15) is 22.3 Å². The molecule has 1 amide bonds. The van der Waals surface area contributed by atoms with Crippen molar-refractivity contribution in [2.75, 3.05) is 17.2 Å². The van der Waals surface area contributed by atoms with Gasteiger partial charge < -0.3 is 10.6 Å². The van der Waals surface area contributed by atoms with E-state index in [9.17, 15) is 4.79 Å². The minimum atomic E-state index is -0.180. The Hall–Kier alpha value is -2.14. The predicted molar refractivity (Wildman–Crippen MR) is 78.2 cm³/mol. The zero-order valence-corrected chi connectivity index (χ0v) is 11.4. The number of rotatable bonds is 2. The number of amides is 1. The molecule has 0 spiro atoms. The maximum Gasteiger partial charge on any atom is 0.257 e. The third-order valence-electron chi connectivity index (χ3n) is 3.21. The number of halogens is 1. The van der Waals surface area contributed by atoms with Crippen molar-refractivity contribution in [2.24, 2.45) is 0 Å². The second kappa shape index (κ2) is 5.46. The van der Waals surface area contributed by atoms with Crippen molar-refractivity contribution in [1.29, 1.82) is 0 Å². The quantitative estimate of drug-likeness (QED) is 0.834. The highest BCUT2D eigenvalue weighted by Crippen LogP contribution is 2.25. The molecule has 1 aromatic carbocycles. The van der Waals surface area contributed by atoms with Crippen LogP contribution in [0, 0.1) is 0 Å². The Morgan fingerprint density at radius 1 is 1.35 bits per heavy atom. The third-order valence-corrected chi connectivity index (χ3v) is 3.39. The van der Waals surface area contributed by atoms with Crippen LogP contribution < -0.4 is 10.6 Å². The van der Waals surface area contributed by atoms with E-state index in [-0.39, 0.29) is 11.2 Å². The van der Waals surface area contributed by atoms with Gasteiger partial charge >= 0.3 is 0 Å². The molecule has 6 heteroatoms. The number of fused-ring (bicyclic) bond motifs is 1. The Bertz CT molecular complexity index is 659. The van der Waals surface area contributed by atoms with Gasteiger partial charge in [-0.3, -0.25) is 4.79 Å². The van der Waals surface area contributed by atoms with Crippen molar-refractivity contribution >= 4 is 29.0 Å². The normalized spacial score (nSPS) is 13.2. The molecule has 2 heterocycles. The highest BCUT2D eigenvalue weighted by Gasteiger charge is 2.17. The average Bonchev–Trinajstić information content (AvgIpc) is 2.46. The van der Waals surface area contributed by atoms with Gasteiger partial charge in [0.1, 0.15) is 5.82 Å². The van der Waals surface area contributed by atoms with E-state index in [0.717, 1.165) is 30.6 Å². The van der Waals surface area contributed by atoms with E-state index >= 15 is 0 Å². The average molecular weight is 289 g/mol. The number of benzene rings is 1. The summed E-state index contributed by atoms with van der Waals surface area (Å²) in [5.74, 6) is 0.219. The Morgan fingerprint density at radius 3 is 3.10 bits per heavy atom. The molecule has 20 heavy (non-hydrogen) atoms. The Kier molecular flexibility index (Phi) is 3.52. The van der Waals surface area contributed by atoms with Crippen molar-refractivity contribution < 1.29 is 4.79 Å². The number of hydrogen-bond donors (Lipinski definition) is 2. The minimum Gasteiger partial charge on any atom is -0.385 e. The second-order valence-electron chi connectivity index (χ2n) is 4.53. The first-order valence-corrected chi connectivity index (χ1v) is 6.77. The third kappa shape index (κ3) is 2.58. The number of hydrogen-bond acceptors (Lipinski definition) is 4. The Morgan fingerprint density at radius 2 is 2.25 bits per heavy atom. The molecule has 0 fully saturated rings. The molecule has 1 aromatic heterocycles. The van der Waals surface area contributed by atoms with Crippen LogP contribution >= 0.6 is 11.6 Å². The summed E-state index contributed by atoms with van der Waals surface area (Å²) in [5.41, 5.74) is 2.76. The number of nitrogens with one attached hydrogen (secondary N) is 2. The van der Waals surface area contributed by atoms with E-state index < -0.39 is 0 Å². The summed E-state index contributed by atoms with van der Waals surface area (Å²) in [7, 11) is 0. The molecule has 1 aliphatic rings. The summed E-state index contributed by atoms with van der Waals surface area (Å²) in [6.07, 6.45) is 3.43. The number of anilines is 2. The molecule has 0 radical (unpaired) electrons. The van der Waals surface area contributed by atoms with Crippen molar-refractivity contribution in [3.05, 3.63) is 46.9 Å². The molecule has 0 saturated heterocycles. The molecule has 2 N–H and O–H groups in total. The largest absolute Gasteiger partial charge is 0.385 e. The molecule has 0 unspecified atom stereocenters. The molecular formula is C14H13ClN4O. The maximum atomic E-state index is 12.4. The second-order valence-corrected chi connectivity index (χ2v) is 4.87. The van der Waals surface area contributed by atoms with E-state index in [0.29, 0.717) is 11.4 Å². The fourth-order valence-electron chi connectivity index (χ4n) is 2.31. The van der Waals surface area contributed by atoms with E-state index in [2.05, 4.69) is 20.6 Å². The smallest absolute Gasteiger partial charge is 0.257 e. The van der Waals surface area contributed by atoms with Crippen LogP contribution in [0.25, 0.3) is 0 Å². The number of carbonyl (C=O) groups is 1. The minimum absolute atomic E-state index is 0.111. The summed E-state index contributed by atoms with van der Waals surface area (Å²) in [6, 6.07) is 7.30. The zero-order valence-electron chi connectivity index (χ0n) is 10.7. The lowest BCUT2D eigenvalue weighted by Gasteiger charge is -2.20. The molecule has 3 rings (SSSR count). The molecular weight excluding hydrogens is 276 g/mol. The molecule has 2 aromatic rings. The van der Waals surface area contributed by atoms with Crippen LogP contribution in [0.3, 0.4) is 0 Å². The van der Waals surface area contributed by atoms with Crippen molar-refractivity contribution in [2.45, 2.75) is 12.8 Å². The van der Waals surface area contributed by atoms with Gasteiger partial charge in [-0.15, -0.1) is 0 Å². The monoisotopic (exact) mass is 288 g/mol. The lowest BCUT2D eigenvalue weighted by molar-refractivity contribution is 0.102. The van der Waals surface area contributed by atoms with Crippen LogP contribution in [0.2, 0.25) is 5.28 Å². The van der Waals surface area contributed by atoms with Gasteiger partial charge in [-0.1, -0.05) is 6.07 Å². The molecule has 5 nitrogen and oxygen atoms in total. The number of carbonyl (C=O) groups excluding carboxylic acids is 1. The topological polar surface area (TPSA) is 66.9 Å². The van der Waals surface area contributed by atoms with Crippen molar-refractivity contribution in [3.8, 4) is 0 Å². The molecule has 102 valence electrons. The van der Waals surface area contributed by atoms with Gasteiger partial charge in [0.05, 0.1) is 0 Å². The van der Waals surface area contributed by atoms with Gasteiger partial charge in [-0.05, 0) is 48.2 Å². The molecule has 1 aliphatic heterocycles. The summed E-state index contributed by atoms with van der Waals surface area (Å²) in [6.45, 7) is 0.944. The first-order valence-electron chi connectivity index (χ1n) is 6.40. The van der Waals surface area contributed by atoms with Gasteiger partial charge in [0.2, 0.25) is 5.28 Å². The number of aromatic nitrogens is 2. The van der Waals surface area contributed by atoms with E-state index in [1.807, 2.05) is 18.2 Å². The van der Waals surface area contributed by atoms with Gasteiger partial charge in [0.15, 0.2) is 0 Å². The molecule has 0 aliphatic carbocycles. The molecule has 0 bridgehead atoms. The van der Waals surface area contributed by atoms with Crippen molar-refractivity contribution in [1.82, 2.24) is 9.97 Å². The summed E-state index contributed by atoms with van der Waals surface area (Å²) < 4.78 is 0. The molecule has 0 atom stereocenters. The lowest BCUT2D eigenvalue weighted by Crippen LogP contribution is -2.19. The number of nitrogens with zero attached hydrogens (tertiary/aromatic N) is 2. The summed E-state index contributed by atoms with van der Waals surface area (Å²) in [5, 5.41) is 6.16. The van der Waals surface area contributed by atoms with Gasteiger partial charge in [0, 0.05) is 24.0 Å². The Labute approximate surface area is 121 Å². The van der Waals surface area contributed by atoms with E-state index in [4.69, 9.17) is 11.6 Å². The fraction of sp³-hybridized carbons (Fsp3) is 0.214. The van der Waals surface area contributed by atoms with Crippen LogP contribution in [0.4, 0.5) is 11.5 Å². The van der Waals surface area contributed by atoms with Crippen LogP contribution in [0.15, 0.2) is 30.5 Å². The van der Waals surface area contributed by atoms with Gasteiger partial charge in [-0.25, -0.2) is 9.97 Å². The summed E-state index contributed by atoms with van der Waals surface area (Å²) >= 11 is 5.71. The van der Waals surface area contributed by atoms with E-state index in [1.54, 1.807) is 6.07 Å². The highest BCUT2D eigenvalue weighted by molar-refractivity contribution is 6.28. The predicted octanol–water partition coefficient (Wildman–Crippen LogP) is 2.74. The first-order chi connectivity index (χ1) is 9.74. The standard InChI is InChI=1S/C14H13ClN4O/c15-14-17-8-6-12(19-14)18-13(20)10-3-1-5-11-9(10)4-2-7-16-11/h1,3,5-6,8,16H,2,4,7H2,(H,17,18,19,20). The van der Waals surface area contributed by atoms with Crippen LogP contribution in [-0.2, 0) is 6.42 Å².